The number of fused-ring (bicyclic) bond motifs is 1. The molecule has 0 unspecified atom stereocenters. The Hall–Kier alpha value is -0.487. The van der Waals surface area contributed by atoms with Gasteiger partial charge >= 0.3 is 0 Å². The summed E-state index contributed by atoms with van der Waals surface area (Å²) < 4.78 is 0. The molecular weight excluding hydrogens is 366 g/mol. The van der Waals surface area contributed by atoms with E-state index in [-0.39, 0.29) is 51.0 Å². The van der Waals surface area contributed by atoms with Gasteiger partial charge < -0.3 is 0 Å². The summed E-state index contributed by atoms with van der Waals surface area (Å²) in [5.74, 6) is 0. The van der Waals surface area contributed by atoms with Crippen LogP contribution in [0.4, 0.5) is 0 Å². The Morgan fingerprint density at radius 2 is 1.50 bits per heavy atom. The summed E-state index contributed by atoms with van der Waals surface area (Å²) in [6, 6.07) is 19.8. The minimum absolute atomic E-state index is 0. The quantitative estimate of drug-likeness (QED) is 0.474. The topological polar surface area (TPSA) is 0 Å². The molecule has 104 valence electrons. The van der Waals surface area contributed by atoms with E-state index in [9.17, 15) is 0 Å². The maximum absolute atomic E-state index is 2.27. The van der Waals surface area contributed by atoms with Crippen molar-refractivity contribution >= 4 is 35.6 Å². The zero-order valence-corrected chi connectivity index (χ0v) is 15.6. The van der Waals surface area contributed by atoms with Gasteiger partial charge in [0.2, 0.25) is 0 Å². The third-order valence-corrected chi connectivity index (χ3v) is 3.26. The number of benzene rings is 2. The van der Waals surface area contributed by atoms with Gasteiger partial charge in [-0.3, -0.25) is 0 Å². The Morgan fingerprint density at radius 3 is 2.15 bits per heavy atom. The molecule has 0 amide bonds. The van der Waals surface area contributed by atoms with Crippen molar-refractivity contribution < 1.29 is 26.2 Å². The first-order valence-corrected chi connectivity index (χ1v) is 5.97. The SMILES string of the molecule is Cc1ccc(-c2cccc3[cH-]c(C)cc23)cc1.Cl.Cl.[Zr]. The molecule has 0 atom stereocenters. The summed E-state index contributed by atoms with van der Waals surface area (Å²) in [4.78, 5) is 0. The minimum Gasteiger partial charge on any atom is -0.165 e. The van der Waals surface area contributed by atoms with E-state index < -0.39 is 0 Å². The average Bonchev–Trinajstić information content (AvgIpc) is 2.70. The van der Waals surface area contributed by atoms with Gasteiger partial charge in [0, 0.05) is 26.2 Å². The van der Waals surface area contributed by atoms with Crippen LogP contribution in [0.15, 0.2) is 54.6 Å². The van der Waals surface area contributed by atoms with E-state index in [1.165, 1.54) is 33.0 Å². The van der Waals surface area contributed by atoms with E-state index in [1.54, 1.807) is 0 Å². The van der Waals surface area contributed by atoms with Gasteiger partial charge in [0.15, 0.2) is 0 Å². The summed E-state index contributed by atoms with van der Waals surface area (Å²) in [6.07, 6.45) is 0. The van der Waals surface area contributed by atoms with Gasteiger partial charge in [-0.25, -0.2) is 0 Å². The number of aryl methyl sites for hydroxylation is 2. The molecule has 0 radical (unpaired) electrons. The zero-order chi connectivity index (χ0) is 11.8. The first-order valence-electron chi connectivity index (χ1n) is 5.97. The fraction of sp³-hybridized carbons (Fsp3) is 0.118. The van der Waals surface area contributed by atoms with Crippen LogP contribution >= 0.6 is 24.8 Å². The van der Waals surface area contributed by atoms with Crippen LogP contribution in [0.1, 0.15) is 11.1 Å². The Balaban J connectivity index is 0.00000120. The fourth-order valence-electron chi connectivity index (χ4n) is 2.37. The molecule has 0 saturated heterocycles. The molecule has 3 aromatic carbocycles. The molecule has 0 N–H and O–H groups in total. The molecule has 0 aliphatic heterocycles. The zero-order valence-electron chi connectivity index (χ0n) is 11.5. The molecular formula is C17H17Cl2Zr-. The van der Waals surface area contributed by atoms with Gasteiger partial charge in [0.1, 0.15) is 0 Å². The average molecular weight is 383 g/mol. The second-order valence-electron chi connectivity index (χ2n) is 4.71. The van der Waals surface area contributed by atoms with E-state index in [0.717, 1.165) is 0 Å². The van der Waals surface area contributed by atoms with Gasteiger partial charge in [-0.05, 0) is 12.5 Å². The van der Waals surface area contributed by atoms with Crippen molar-refractivity contribution in [1.29, 1.82) is 0 Å². The molecule has 3 aromatic rings. The van der Waals surface area contributed by atoms with E-state index in [0.29, 0.717) is 0 Å². The molecule has 0 aliphatic rings. The van der Waals surface area contributed by atoms with Gasteiger partial charge in [-0.1, -0.05) is 48.4 Å². The molecule has 3 heteroatoms. The summed E-state index contributed by atoms with van der Waals surface area (Å²) in [5, 5.41) is 2.69. The second-order valence-corrected chi connectivity index (χ2v) is 4.71. The summed E-state index contributed by atoms with van der Waals surface area (Å²) >= 11 is 0. The van der Waals surface area contributed by atoms with Crippen molar-refractivity contribution in [3.63, 3.8) is 0 Å². The van der Waals surface area contributed by atoms with E-state index >= 15 is 0 Å². The Bertz CT molecular complexity index is 669. The number of hydrogen-bond acceptors (Lipinski definition) is 0. The molecule has 0 aliphatic carbocycles. The predicted molar refractivity (Wildman–Crippen MR) is 88.9 cm³/mol. The third kappa shape index (κ3) is 3.79. The van der Waals surface area contributed by atoms with E-state index in [4.69, 9.17) is 0 Å². The monoisotopic (exact) mass is 381 g/mol. The van der Waals surface area contributed by atoms with Crippen LogP contribution in [0.25, 0.3) is 21.9 Å². The molecule has 0 heterocycles. The van der Waals surface area contributed by atoms with E-state index in [2.05, 4.69) is 68.4 Å². The van der Waals surface area contributed by atoms with Gasteiger partial charge in [0.25, 0.3) is 0 Å². The maximum atomic E-state index is 2.27. The summed E-state index contributed by atoms with van der Waals surface area (Å²) in [7, 11) is 0. The first-order chi connectivity index (χ1) is 8.24. The molecule has 0 fully saturated rings. The first kappa shape index (κ1) is 19.5. The van der Waals surface area contributed by atoms with Crippen molar-refractivity contribution in [2.45, 2.75) is 13.8 Å². The molecule has 0 saturated carbocycles. The molecule has 0 bridgehead atoms. The van der Waals surface area contributed by atoms with Gasteiger partial charge in [-0.15, -0.1) is 59.3 Å². The molecule has 0 spiro atoms. The number of rotatable bonds is 1. The predicted octanol–water partition coefficient (Wildman–Crippen LogP) is 5.68. The van der Waals surface area contributed by atoms with Crippen LogP contribution in [0.2, 0.25) is 0 Å². The third-order valence-electron chi connectivity index (χ3n) is 3.26. The summed E-state index contributed by atoms with van der Waals surface area (Å²) in [6.45, 7) is 4.27. The van der Waals surface area contributed by atoms with Crippen LogP contribution in [0, 0.1) is 13.8 Å². The van der Waals surface area contributed by atoms with Crippen molar-refractivity contribution in [2.24, 2.45) is 0 Å². The normalized spacial score (nSPS) is 9.30. The van der Waals surface area contributed by atoms with Crippen molar-refractivity contribution in [3.8, 4) is 11.1 Å². The van der Waals surface area contributed by atoms with Crippen molar-refractivity contribution in [1.82, 2.24) is 0 Å². The van der Waals surface area contributed by atoms with Crippen LogP contribution in [-0.2, 0) is 26.2 Å². The second kappa shape index (κ2) is 8.08. The van der Waals surface area contributed by atoms with Crippen molar-refractivity contribution in [3.05, 3.63) is 65.7 Å². The van der Waals surface area contributed by atoms with Gasteiger partial charge in [-0.2, -0.15) is 6.07 Å². The molecule has 0 aromatic heterocycles. The summed E-state index contributed by atoms with van der Waals surface area (Å²) in [5.41, 5.74) is 5.27. The number of halogens is 2. The fourth-order valence-corrected chi connectivity index (χ4v) is 2.37. The van der Waals surface area contributed by atoms with Crippen LogP contribution < -0.4 is 0 Å². The van der Waals surface area contributed by atoms with Gasteiger partial charge in [0.05, 0.1) is 0 Å². The standard InChI is InChI=1S/C17H15.2ClH.Zr/c1-12-6-8-14(9-7-12)16-5-3-4-15-10-13(2)11-17(15)16;;;/h3-11H,1-2H3;2*1H;/q-1;;;. The largest absolute Gasteiger partial charge is 0.165 e. The Morgan fingerprint density at radius 1 is 0.850 bits per heavy atom. The van der Waals surface area contributed by atoms with E-state index in [1.807, 2.05) is 0 Å². The smallest absolute Gasteiger partial charge is 0 e. The Kier molecular flexibility index (Phi) is 7.88. The van der Waals surface area contributed by atoms with Crippen LogP contribution in [-0.4, -0.2) is 0 Å². The molecule has 20 heavy (non-hydrogen) atoms. The molecule has 3 rings (SSSR count). The van der Waals surface area contributed by atoms with Crippen molar-refractivity contribution in [2.75, 3.05) is 0 Å². The number of hydrogen-bond donors (Lipinski definition) is 0. The molecule has 0 nitrogen and oxygen atoms in total. The maximum Gasteiger partial charge on any atom is 0 e. The van der Waals surface area contributed by atoms with Crippen LogP contribution in [0.5, 0.6) is 0 Å². The minimum atomic E-state index is 0. The Labute approximate surface area is 151 Å². The van der Waals surface area contributed by atoms with Crippen LogP contribution in [0.3, 0.4) is 0 Å².